The van der Waals surface area contributed by atoms with Crippen molar-refractivity contribution < 1.29 is 14.0 Å². The van der Waals surface area contributed by atoms with Gasteiger partial charge in [0.1, 0.15) is 12.3 Å². The van der Waals surface area contributed by atoms with Crippen molar-refractivity contribution in [3.63, 3.8) is 0 Å². The zero-order chi connectivity index (χ0) is 17.6. The molecule has 0 saturated carbocycles. The molecule has 0 spiro atoms. The Labute approximate surface area is 143 Å². The van der Waals surface area contributed by atoms with Crippen molar-refractivity contribution in [2.75, 3.05) is 0 Å². The molecule has 0 aromatic carbocycles. The molecule has 8 nitrogen and oxygen atoms in total. The van der Waals surface area contributed by atoms with Crippen LogP contribution < -0.4 is 10.6 Å². The van der Waals surface area contributed by atoms with Gasteiger partial charge in [0.05, 0.1) is 11.8 Å². The highest BCUT2D eigenvalue weighted by Gasteiger charge is 2.16. The summed E-state index contributed by atoms with van der Waals surface area (Å²) in [5.74, 6) is 0.0514. The fourth-order valence-corrected chi connectivity index (χ4v) is 2.14. The summed E-state index contributed by atoms with van der Waals surface area (Å²) in [4.78, 5) is 28.3. The van der Waals surface area contributed by atoms with E-state index in [2.05, 4.69) is 20.7 Å². The standard InChI is InChI=1S/C17H17N5O3/c1-12(21-17(24)14-5-8-25-11-14)16(23)19-10-13-3-4-15(18-9-13)22-7-2-6-20-22/h2-9,11-12H,10H2,1H3,(H,19,23)(H,21,24)/t12-/m0/s1. The van der Waals surface area contributed by atoms with Gasteiger partial charge in [-0.2, -0.15) is 5.10 Å². The SMILES string of the molecule is C[C@H](NC(=O)c1ccoc1)C(=O)NCc1ccc(-n2cccn2)nc1. The molecule has 2 amide bonds. The molecule has 3 heterocycles. The van der Waals surface area contributed by atoms with E-state index in [-0.39, 0.29) is 11.8 Å². The first kappa shape index (κ1) is 16.4. The van der Waals surface area contributed by atoms with E-state index in [9.17, 15) is 9.59 Å². The van der Waals surface area contributed by atoms with Gasteiger partial charge in [-0.3, -0.25) is 9.59 Å². The molecule has 0 fully saturated rings. The van der Waals surface area contributed by atoms with Gasteiger partial charge in [-0.25, -0.2) is 9.67 Å². The van der Waals surface area contributed by atoms with Gasteiger partial charge in [-0.1, -0.05) is 6.07 Å². The molecule has 25 heavy (non-hydrogen) atoms. The van der Waals surface area contributed by atoms with Gasteiger partial charge in [-0.05, 0) is 30.7 Å². The summed E-state index contributed by atoms with van der Waals surface area (Å²) in [6, 6.07) is 6.36. The van der Waals surface area contributed by atoms with Crippen molar-refractivity contribution in [2.24, 2.45) is 0 Å². The number of rotatable bonds is 6. The highest BCUT2D eigenvalue weighted by atomic mass is 16.3. The summed E-state index contributed by atoms with van der Waals surface area (Å²) in [6.07, 6.45) is 7.88. The Kier molecular flexibility index (Phi) is 4.89. The fraction of sp³-hybridized carbons (Fsp3) is 0.176. The third kappa shape index (κ3) is 4.11. The smallest absolute Gasteiger partial charge is 0.255 e. The second-order valence-electron chi connectivity index (χ2n) is 5.40. The Morgan fingerprint density at radius 2 is 2.20 bits per heavy atom. The Bertz CT molecular complexity index is 826. The van der Waals surface area contributed by atoms with E-state index in [4.69, 9.17) is 4.42 Å². The molecule has 0 aliphatic carbocycles. The summed E-state index contributed by atoms with van der Waals surface area (Å²) in [5, 5.41) is 9.47. The van der Waals surface area contributed by atoms with Crippen LogP contribution in [0, 0.1) is 0 Å². The second-order valence-corrected chi connectivity index (χ2v) is 5.40. The lowest BCUT2D eigenvalue weighted by Crippen LogP contribution is -2.44. The maximum atomic E-state index is 12.1. The number of hydrogen-bond donors (Lipinski definition) is 2. The second kappa shape index (κ2) is 7.43. The molecular formula is C17H17N5O3. The maximum Gasteiger partial charge on any atom is 0.255 e. The topological polar surface area (TPSA) is 102 Å². The summed E-state index contributed by atoms with van der Waals surface area (Å²) in [7, 11) is 0. The Morgan fingerprint density at radius 1 is 1.32 bits per heavy atom. The van der Waals surface area contributed by atoms with Crippen molar-refractivity contribution in [3.05, 3.63) is 66.5 Å². The van der Waals surface area contributed by atoms with Gasteiger partial charge in [0.15, 0.2) is 5.82 Å². The van der Waals surface area contributed by atoms with Crippen LogP contribution in [0.5, 0.6) is 0 Å². The van der Waals surface area contributed by atoms with Crippen molar-refractivity contribution in [2.45, 2.75) is 19.5 Å². The highest BCUT2D eigenvalue weighted by Crippen LogP contribution is 2.05. The van der Waals surface area contributed by atoms with Crippen LogP contribution in [0.1, 0.15) is 22.8 Å². The summed E-state index contributed by atoms with van der Waals surface area (Å²) in [6.45, 7) is 1.93. The monoisotopic (exact) mass is 339 g/mol. The third-order valence-electron chi connectivity index (χ3n) is 3.54. The zero-order valence-electron chi connectivity index (χ0n) is 13.5. The molecule has 0 radical (unpaired) electrons. The van der Waals surface area contributed by atoms with E-state index < -0.39 is 6.04 Å². The molecule has 1 atom stereocenters. The summed E-state index contributed by atoms with van der Waals surface area (Å²) >= 11 is 0. The molecule has 0 unspecified atom stereocenters. The van der Waals surface area contributed by atoms with Gasteiger partial charge in [-0.15, -0.1) is 0 Å². The summed E-state index contributed by atoms with van der Waals surface area (Å²) in [5.41, 5.74) is 1.22. The number of hydrogen-bond acceptors (Lipinski definition) is 5. The molecule has 3 aromatic heterocycles. The van der Waals surface area contributed by atoms with Crippen LogP contribution in [-0.2, 0) is 11.3 Å². The molecule has 0 bridgehead atoms. The number of amides is 2. The minimum atomic E-state index is -0.668. The Balaban J connectivity index is 1.50. The van der Waals surface area contributed by atoms with Crippen LogP contribution in [-0.4, -0.2) is 32.6 Å². The molecule has 0 saturated heterocycles. The van der Waals surface area contributed by atoms with E-state index in [1.807, 2.05) is 18.2 Å². The number of carbonyl (C=O) groups is 2. The first-order valence-corrected chi connectivity index (χ1v) is 7.69. The van der Waals surface area contributed by atoms with E-state index in [1.54, 1.807) is 30.2 Å². The van der Waals surface area contributed by atoms with E-state index in [1.165, 1.54) is 18.6 Å². The number of aromatic nitrogens is 3. The maximum absolute atomic E-state index is 12.1. The Morgan fingerprint density at radius 3 is 2.84 bits per heavy atom. The molecular weight excluding hydrogens is 322 g/mol. The largest absolute Gasteiger partial charge is 0.472 e. The molecule has 3 rings (SSSR count). The lowest BCUT2D eigenvalue weighted by Gasteiger charge is -2.13. The van der Waals surface area contributed by atoms with Gasteiger partial charge in [0.25, 0.3) is 5.91 Å². The van der Waals surface area contributed by atoms with Gasteiger partial charge < -0.3 is 15.1 Å². The molecule has 0 aliphatic heterocycles. The van der Waals surface area contributed by atoms with Crippen LogP contribution in [0.15, 0.2) is 59.8 Å². The van der Waals surface area contributed by atoms with Crippen LogP contribution in [0.4, 0.5) is 0 Å². The number of pyridine rings is 1. The van der Waals surface area contributed by atoms with Crippen molar-refractivity contribution in [1.82, 2.24) is 25.4 Å². The molecule has 3 aromatic rings. The molecule has 2 N–H and O–H groups in total. The zero-order valence-corrected chi connectivity index (χ0v) is 13.5. The van der Waals surface area contributed by atoms with Crippen molar-refractivity contribution in [3.8, 4) is 5.82 Å². The van der Waals surface area contributed by atoms with E-state index in [0.717, 1.165) is 5.56 Å². The average Bonchev–Trinajstić information content (AvgIpc) is 3.33. The number of furan rings is 1. The number of nitrogens with one attached hydrogen (secondary N) is 2. The van der Waals surface area contributed by atoms with Crippen LogP contribution in [0.3, 0.4) is 0 Å². The molecule has 8 heteroatoms. The average molecular weight is 339 g/mol. The van der Waals surface area contributed by atoms with Gasteiger partial charge in [0, 0.05) is 25.1 Å². The van der Waals surface area contributed by atoms with Crippen LogP contribution in [0.2, 0.25) is 0 Å². The minimum absolute atomic E-state index is 0.284. The van der Waals surface area contributed by atoms with Crippen LogP contribution in [0.25, 0.3) is 5.82 Å². The first-order chi connectivity index (χ1) is 12.1. The lowest BCUT2D eigenvalue weighted by atomic mass is 10.2. The number of nitrogens with zero attached hydrogens (tertiary/aromatic N) is 3. The van der Waals surface area contributed by atoms with Gasteiger partial charge >= 0.3 is 0 Å². The predicted octanol–water partition coefficient (Wildman–Crippen LogP) is 1.29. The van der Waals surface area contributed by atoms with Crippen molar-refractivity contribution >= 4 is 11.8 Å². The van der Waals surface area contributed by atoms with Gasteiger partial charge in [0.2, 0.25) is 5.91 Å². The molecule has 0 aliphatic rings. The quantitative estimate of drug-likeness (QED) is 0.705. The van der Waals surface area contributed by atoms with E-state index in [0.29, 0.717) is 17.9 Å². The Hall–Kier alpha value is -3.42. The van der Waals surface area contributed by atoms with E-state index >= 15 is 0 Å². The minimum Gasteiger partial charge on any atom is -0.472 e. The normalized spacial score (nSPS) is 11.7. The first-order valence-electron chi connectivity index (χ1n) is 7.69. The van der Waals surface area contributed by atoms with Crippen LogP contribution >= 0.6 is 0 Å². The predicted molar refractivity (Wildman–Crippen MR) is 88.8 cm³/mol. The third-order valence-corrected chi connectivity index (χ3v) is 3.54. The lowest BCUT2D eigenvalue weighted by molar-refractivity contribution is -0.122. The number of carbonyl (C=O) groups excluding carboxylic acids is 2. The highest BCUT2D eigenvalue weighted by molar-refractivity contribution is 5.97. The fourth-order valence-electron chi connectivity index (χ4n) is 2.14. The summed E-state index contributed by atoms with van der Waals surface area (Å²) < 4.78 is 6.49. The van der Waals surface area contributed by atoms with Crippen molar-refractivity contribution in [1.29, 1.82) is 0 Å². The molecule has 128 valence electrons.